The van der Waals surface area contributed by atoms with Crippen LogP contribution in [0.4, 0.5) is 0 Å². The third-order valence-electron chi connectivity index (χ3n) is 6.09. The molecule has 0 spiro atoms. The van der Waals surface area contributed by atoms with Crippen molar-refractivity contribution in [3.8, 4) is 0 Å². The first-order chi connectivity index (χ1) is 13.5. The standard InChI is InChI=1S/C22H39N3O4/c1-8-15(4)19(23-20(26)17-11-9-10-12-24(17)6)21(27)25(7)18(14(2)3)13-16(5)22(28)29/h13-15,17-19H,8-12H2,1-7H3,(H,23,26)(H,28,29)/t15-,17?,18?,19-/m0/s1. The first-order valence-electron chi connectivity index (χ1n) is 10.7. The largest absolute Gasteiger partial charge is 0.478 e. The van der Waals surface area contributed by atoms with E-state index in [9.17, 15) is 19.5 Å². The summed E-state index contributed by atoms with van der Waals surface area (Å²) in [5.74, 6) is -1.27. The highest BCUT2D eigenvalue weighted by atomic mass is 16.4. The molecular weight excluding hydrogens is 370 g/mol. The van der Waals surface area contributed by atoms with Crippen molar-refractivity contribution in [3.63, 3.8) is 0 Å². The Bertz CT molecular complexity index is 617. The van der Waals surface area contributed by atoms with Crippen LogP contribution in [0, 0.1) is 11.8 Å². The van der Waals surface area contributed by atoms with Crippen molar-refractivity contribution in [1.82, 2.24) is 15.1 Å². The smallest absolute Gasteiger partial charge is 0.331 e. The number of likely N-dealkylation sites (N-methyl/N-ethyl adjacent to an activating group) is 2. The minimum absolute atomic E-state index is 0.0276. The molecule has 4 atom stereocenters. The molecule has 0 saturated carbocycles. The van der Waals surface area contributed by atoms with Crippen molar-refractivity contribution in [2.45, 2.75) is 78.4 Å². The van der Waals surface area contributed by atoms with Crippen molar-refractivity contribution in [2.24, 2.45) is 11.8 Å². The molecule has 166 valence electrons. The monoisotopic (exact) mass is 409 g/mol. The average molecular weight is 410 g/mol. The molecule has 0 bridgehead atoms. The zero-order chi connectivity index (χ0) is 22.3. The summed E-state index contributed by atoms with van der Waals surface area (Å²) >= 11 is 0. The number of hydrogen-bond donors (Lipinski definition) is 2. The molecule has 0 aromatic heterocycles. The second kappa shape index (κ2) is 11.3. The number of carboxylic acids is 1. The molecule has 1 aliphatic heterocycles. The fourth-order valence-electron chi connectivity index (χ4n) is 3.78. The molecule has 1 fully saturated rings. The van der Waals surface area contributed by atoms with Crippen LogP contribution in [0.1, 0.15) is 60.3 Å². The van der Waals surface area contributed by atoms with Crippen LogP contribution in [0.5, 0.6) is 0 Å². The lowest BCUT2D eigenvalue weighted by molar-refractivity contribution is -0.140. The van der Waals surface area contributed by atoms with Crippen molar-refractivity contribution >= 4 is 17.8 Å². The van der Waals surface area contributed by atoms with E-state index in [2.05, 4.69) is 10.2 Å². The number of piperidine rings is 1. The summed E-state index contributed by atoms with van der Waals surface area (Å²) in [6, 6.07) is -1.20. The van der Waals surface area contributed by atoms with E-state index in [4.69, 9.17) is 0 Å². The minimum atomic E-state index is -0.997. The Morgan fingerprint density at radius 3 is 2.34 bits per heavy atom. The fraction of sp³-hybridized carbons (Fsp3) is 0.773. The zero-order valence-corrected chi connectivity index (χ0v) is 19.1. The summed E-state index contributed by atoms with van der Waals surface area (Å²) in [6.45, 7) is 10.3. The van der Waals surface area contributed by atoms with Crippen LogP contribution in [0.25, 0.3) is 0 Å². The molecule has 0 aromatic rings. The number of carbonyl (C=O) groups is 3. The lowest BCUT2D eigenvalue weighted by atomic mass is 9.94. The second-order valence-electron chi connectivity index (χ2n) is 8.70. The van der Waals surface area contributed by atoms with Gasteiger partial charge in [0.2, 0.25) is 11.8 Å². The van der Waals surface area contributed by atoms with E-state index < -0.39 is 12.0 Å². The number of aliphatic carboxylic acids is 1. The maximum atomic E-state index is 13.4. The zero-order valence-electron chi connectivity index (χ0n) is 19.1. The molecule has 2 unspecified atom stereocenters. The predicted octanol–water partition coefficient (Wildman–Crippen LogP) is 2.52. The van der Waals surface area contributed by atoms with Gasteiger partial charge in [-0.25, -0.2) is 4.79 Å². The van der Waals surface area contributed by atoms with Gasteiger partial charge >= 0.3 is 5.97 Å². The number of rotatable bonds is 9. The molecule has 0 aromatic carbocycles. The van der Waals surface area contributed by atoms with E-state index in [1.54, 1.807) is 18.0 Å². The van der Waals surface area contributed by atoms with Gasteiger partial charge < -0.3 is 15.3 Å². The molecule has 2 amide bonds. The van der Waals surface area contributed by atoms with Crippen LogP contribution in [-0.4, -0.2) is 71.5 Å². The molecule has 7 heteroatoms. The summed E-state index contributed by atoms with van der Waals surface area (Å²) in [5.41, 5.74) is 0.205. The normalized spacial score (nSPS) is 21.4. The Hall–Kier alpha value is -1.89. The van der Waals surface area contributed by atoms with E-state index in [0.717, 1.165) is 32.2 Å². The summed E-state index contributed by atoms with van der Waals surface area (Å²) in [4.78, 5) is 41.2. The van der Waals surface area contributed by atoms with Gasteiger partial charge in [-0.1, -0.05) is 46.6 Å². The Morgan fingerprint density at radius 1 is 1.24 bits per heavy atom. The number of likely N-dealkylation sites (tertiary alicyclic amines) is 1. The first-order valence-corrected chi connectivity index (χ1v) is 10.7. The Kier molecular flexibility index (Phi) is 9.83. The van der Waals surface area contributed by atoms with Crippen LogP contribution in [0.15, 0.2) is 11.6 Å². The number of carboxylic acid groups (broad SMARTS) is 1. The van der Waals surface area contributed by atoms with Crippen molar-refractivity contribution in [2.75, 3.05) is 20.6 Å². The molecule has 0 aliphatic carbocycles. The van der Waals surface area contributed by atoms with Gasteiger partial charge in [-0.05, 0) is 45.2 Å². The van der Waals surface area contributed by atoms with Gasteiger partial charge in [-0.15, -0.1) is 0 Å². The maximum Gasteiger partial charge on any atom is 0.331 e. The van der Waals surface area contributed by atoms with Crippen molar-refractivity contribution in [3.05, 3.63) is 11.6 Å². The summed E-state index contributed by atoms with van der Waals surface area (Å²) in [5, 5.41) is 12.2. The van der Waals surface area contributed by atoms with Crippen LogP contribution in [0.3, 0.4) is 0 Å². The van der Waals surface area contributed by atoms with E-state index >= 15 is 0 Å². The highest BCUT2D eigenvalue weighted by molar-refractivity contribution is 5.90. The fourth-order valence-corrected chi connectivity index (χ4v) is 3.78. The summed E-state index contributed by atoms with van der Waals surface area (Å²) in [6.07, 6.45) is 5.27. The number of nitrogens with zero attached hydrogens (tertiary/aromatic N) is 2. The number of amides is 2. The van der Waals surface area contributed by atoms with E-state index in [1.165, 1.54) is 6.92 Å². The summed E-state index contributed by atoms with van der Waals surface area (Å²) < 4.78 is 0. The predicted molar refractivity (Wildman–Crippen MR) is 114 cm³/mol. The van der Waals surface area contributed by atoms with Crippen molar-refractivity contribution < 1.29 is 19.5 Å². The van der Waals surface area contributed by atoms with Crippen molar-refractivity contribution in [1.29, 1.82) is 0 Å². The Balaban J connectivity index is 3.06. The van der Waals surface area contributed by atoms with Gasteiger partial charge in [-0.3, -0.25) is 14.5 Å². The molecule has 29 heavy (non-hydrogen) atoms. The second-order valence-corrected chi connectivity index (χ2v) is 8.70. The average Bonchev–Trinajstić information content (AvgIpc) is 2.68. The highest BCUT2D eigenvalue weighted by Crippen LogP contribution is 2.20. The molecule has 0 radical (unpaired) electrons. The van der Waals surface area contributed by atoms with E-state index in [1.807, 2.05) is 34.7 Å². The third-order valence-corrected chi connectivity index (χ3v) is 6.09. The SMILES string of the molecule is CC[C@H](C)[C@H](NC(=O)C1CCCCN1C)C(=O)N(C)C(C=C(C)C(=O)O)C(C)C. The minimum Gasteiger partial charge on any atom is -0.478 e. The van der Waals surface area contributed by atoms with E-state index in [-0.39, 0.29) is 41.3 Å². The van der Waals surface area contributed by atoms with Crippen LogP contribution < -0.4 is 5.32 Å². The maximum absolute atomic E-state index is 13.4. The van der Waals surface area contributed by atoms with Crippen LogP contribution >= 0.6 is 0 Å². The van der Waals surface area contributed by atoms with Gasteiger partial charge in [0.25, 0.3) is 0 Å². The number of carbonyl (C=O) groups excluding carboxylic acids is 2. The Labute approximate surface area is 175 Å². The number of hydrogen-bond acceptors (Lipinski definition) is 4. The molecule has 1 heterocycles. The number of nitrogens with one attached hydrogen (secondary N) is 1. The lowest BCUT2D eigenvalue weighted by Crippen LogP contribution is -2.57. The molecular formula is C22H39N3O4. The van der Waals surface area contributed by atoms with Gasteiger partial charge in [0, 0.05) is 12.6 Å². The molecule has 1 rings (SSSR count). The van der Waals surface area contributed by atoms with Gasteiger partial charge in [0.1, 0.15) is 6.04 Å². The topological polar surface area (TPSA) is 90.0 Å². The van der Waals surface area contributed by atoms with Gasteiger partial charge in [0.05, 0.1) is 12.1 Å². The molecule has 1 saturated heterocycles. The Morgan fingerprint density at radius 2 is 1.86 bits per heavy atom. The van der Waals surface area contributed by atoms with Crippen LogP contribution in [0.2, 0.25) is 0 Å². The summed E-state index contributed by atoms with van der Waals surface area (Å²) in [7, 11) is 3.64. The third kappa shape index (κ3) is 6.84. The molecule has 1 aliphatic rings. The van der Waals surface area contributed by atoms with E-state index in [0.29, 0.717) is 0 Å². The first kappa shape index (κ1) is 25.1. The molecule has 7 nitrogen and oxygen atoms in total. The van der Waals surface area contributed by atoms with Gasteiger partial charge in [0.15, 0.2) is 0 Å². The molecule has 2 N–H and O–H groups in total. The van der Waals surface area contributed by atoms with Crippen LogP contribution in [-0.2, 0) is 14.4 Å². The lowest BCUT2D eigenvalue weighted by Gasteiger charge is -2.36. The quantitative estimate of drug-likeness (QED) is 0.571. The van der Waals surface area contributed by atoms with Gasteiger partial charge in [-0.2, -0.15) is 0 Å². The highest BCUT2D eigenvalue weighted by Gasteiger charge is 2.35.